The molecule has 0 radical (unpaired) electrons. The molecule has 0 aliphatic heterocycles. The van der Waals surface area contributed by atoms with Crippen molar-refractivity contribution in [2.45, 2.75) is 51.3 Å². The molecule has 0 spiro atoms. The van der Waals surface area contributed by atoms with Crippen LogP contribution in [0.25, 0.3) is 0 Å². The molecule has 7 heteroatoms. The molecule has 35 heavy (non-hydrogen) atoms. The SMILES string of the molecule is CC(=O)c1ccc(CC(=O)c2c(NS(=O)(=O)c3ccc(C(C)(C)C)cc3)cccc2C(C)=O)cc1. The van der Waals surface area contributed by atoms with E-state index >= 15 is 0 Å². The highest BCUT2D eigenvalue weighted by Crippen LogP contribution is 2.28. The smallest absolute Gasteiger partial charge is 0.261 e. The Balaban J connectivity index is 1.97. The Morgan fingerprint density at radius 2 is 1.40 bits per heavy atom. The quantitative estimate of drug-likeness (QED) is 0.413. The molecule has 0 fully saturated rings. The van der Waals surface area contributed by atoms with Gasteiger partial charge in [0.15, 0.2) is 17.3 Å². The first-order chi connectivity index (χ1) is 16.3. The van der Waals surface area contributed by atoms with Crippen LogP contribution in [0.3, 0.4) is 0 Å². The van der Waals surface area contributed by atoms with Crippen molar-refractivity contribution < 1.29 is 22.8 Å². The molecule has 1 N–H and O–H groups in total. The monoisotopic (exact) mass is 491 g/mol. The Morgan fingerprint density at radius 3 is 1.91 bits per heavy atom. The van der Waals surface area contributed by atoms with Gasteiger partial charge in [0.25, 0.3) is 10.0 Å². The summed E-state index contributed by atoms with van der Waals surface area (Å²) in [6.45, 7) is 8.89. The Labute approximate surface area is 206 Å². The maximum atomic E-state index is 13.3. The van der Waals surface area contributed by atoms with Crippen LogP contribution in [-0.2, 0) is 21.9 Å². The van der Waals surface area contributed by atoms with E-state index in [1.165, 1.54) is 44.2 Å². The van der Waals surface area contributed by atoms with Gasteiger partial charge < -0.3 is 0 Å². The summed E-state index contributed by atoms with van der Waals surface area (Å²) in [6.07, 6.45) is -0.0581. The van der Waals surface area contributed by atoms with Crippen molar-refractivity contribution in [2.75, 3.05) is 4.72 Å². The number of hydrogen-bond donors (Lipinski definition) is 1. The molecule has 0 aromatic heterocycles. The number of Topliss-reactive ketones (excluding diaryl/α,β-unsaturated/α-hetero) is 3. The summed E-state index contributed by atoms with van der Waals surface area (Å²) in [5.41, 5.74) is 2.23. The van der Waals surface area contributed by atoms with E-state index in [1.54, 1.807) is 36.4 Å². The third kappa shape index (κ3) is 6.11. The lowest BCUT2D eigenvalue weighted by atomic mass is 9.87. The second-order valence-electron chi connectivity index (χ2n) is 9.52. The van der Waals surface area contributed by atoms with Gasteiger partial charge in [0.05, 0.1) is 16.1 Å². The predicted molar refractivity (Wildman–Crippen MR) is 137 cm³/mol. The molecule has 0 saturated heterocycles. The van der Waals surface area contributed by atoms with Crippen molar-refractivity contribution in [3.8, 4) is 0 Å². The molecule has 3 aromatic rings. The zero-order valence-electron chi connectivity index (χ0n) is 20.5. The lowest BCUT2D eigenvalue weighted by Gasteiger charge is -2.19. The van der Waals surface area contributed by atoms with E-state index in [0.29, 0.717) is 11.1 Å². The molecule has 0 bridgehead atoms. The topological polar surface area (TPSA) is 97.4 Å². The van der Waals surface area contributed by atoms with Crippen LogP contribution in [-0.4, -0.2) is 25.8 Å². The summed E-state index contributed by atoms with van der Waals surface area (Å²) in [6, 6.07) is 17.7. The molecule has 0 heterocycles. The molecule has 0 atom stereocenters. The summed E-state index contributed by atoms with van der Waals surface area (Å²) >= 11 is 0. The maximum absolute atomic E-state index is 13.3. The Kier molecular flexibility index (Phi) is 7.41. The molecule has 0 amide bonds. The Morgan fingerprint density at radius 1 is 0.800 bits per heavy atom. The van der Waals surface area contributed by atoms with E-state index in [4.69, 9.17) is 0 Å². The molecule has 3 aromatic carbocycles. The Hall–Kier alpha value is -3.58. The van der Waals surface area contributed by atoms with Crippen LogP contribution >= 0.6 is 0 Å². The van der Waals surface area contributed by atoms with Crippen LogP contribution in [0.4, 0.5) is 5.69 Å². The zero-order valence-corrected chi connectivity index (χ0v) is 21.3. The summed E-state index contributed by atoms with van der Waals surface area (Å²) < 4.78 is 28.8. The van der Waals surface area contributed by atoms with Crippen LogP contribution < -0.4 is 4.72 Å². The van der Waals surface area contributed by atoms with E-state index < -0.39 is 15.8 Å². The van der Waals surface area contributed by atoms with Gasteiger partial charge in [0.2, 0.25) is 0 Å². The molecule has 6 nitrogen and oxygen atoms in total. The molecule has 0 saturated carbocycles. The Bertz CT molecular complexity index is 1380. The third-order valence-electron chi connectivity index (χ3n) is 5.72. The van der Waals surface area contributed by atoms with E-state index in [0.717, 1.165) is 5.56 Å². The fourth-order valence-corrected chi connectivity index (χ4v) is 4.77. The lowest BCUT2D eigenvalue weighted by molar-refractivity contribution is 0.0969. The minimum atomic E-state index is -4.01. The number of ketones is 3. The van der Waals surface area contributed by atoms with Crippen molar-refractivity contribution in [1.82, 2.24) is 0 Å². The zero-order chi connectivity index (χ0) is 26.0. The van der Waals surface area contributed by atoms with Crippen LogP contribution in [0.1, 0.15) is 76.8 Å². The molecule has 0 aliphatic carbocycles. The number of carbonyl (C=O) groups is 3. The van der Waals surface area contributed by atoms with Crippen molar-refractivity contribution in [2.24, 2.45) is 0 Å². The predicted octanol–water partition coefficient (Wildman–Crippen LogP) is 5.62. The summed E-state index contributed by atoms with van der Waals surface area (Å²) in [5.74, 6) is -0.847. The number of carbonyl (C=O) groups excluding carboxylic acids is 3. The van der Waals surface area contributed by atoms with Crippen LogP contribution in [0, 0.1) is 0 Å². The molecule has 3 rings (SSSR count). The average molecular weight is 492 g/mol. The van der Waals surface area contributed by atoms with Crippen molar-refractivity contribution in [1.29, 1.82) is 0 Å². The van der Waals surface area contributed by atoms with Gasteiger partial charge in [-0.05, 0) is 48.6 Å². The van der Waals surface area contributed by atoms with E-state index in [2.05, 4.69) is 4.72 Å². The number of hydrogen-bond acceptors (Lipinski definition) is 5. The lowest BCUT2D eigenvalue weighted by Crippen LogP contribution is -2.19. The van der Waals surface area contributed by atoms with Gasteiger partial charge in [-0.15, -0.1) is 0 Å². The first-order valence-corrected chi connectivity index (χ1v) is 12.7. The van der Waals surface area contributed by atoms with E-state index in [9.17, 15) is 22.8 Å². The summed E-state index contributed by atoms with van der Waals surface area (Å²) in [5, 5.41) is 0. The molecular formula is C28H29NO5S. The fourth-order valence-electron chi connectivity index (χ4n) is 3.70. The van der Waals surface area contributed by atoms with Gasteiger partial charge in [0, 0.05) is 17.5 Å². The first kappa shape index (κ1) is 26.0. The average Bonchev–Trinajstić information content (AvgIpc) is 2.78. The van der Waals surface area contributed by atoms with Gasteiger partial charge >= 0.3 is 0 Å². The minimum absolute atomic E-state index is 0.0190. The highest BCUT2D eigenvalue weighted by Gasteiger charge is 2.24. The summed E-state index contributed by atoms with van der Waals surface area (Å²) in [4.78, 5) is 37.2. The van der Waals surface area contributed by atoms with Gasteiger partial charge in [-0.25, -0.2) is 8.42 Å². The van der Waals surface area contributed by atoms with Gasteiger partial charge in [-0.1, -0.05) is 69.3 Å². The standard InChI is InChI=1S/C28H29NO5S/c1-18(30)21-11-9-20(10-12-21)17-26(32)27-24(19(2)31)7-6-8-25(27)29-35(33,34)23-15-13-22(14-16-23)28(3,4)5/h6-16,29H,17H2,1-5H3. The highest BCUT2D eigenvalue weighted by atomic mass is 32.2. The molecule has 0 unspecified atom stereocenters. The fraction of sp³-hybridized carbons (Fsp3) is 0.250. The molecule has 182 valence electrons. The maximum Gasteiger partial charge on any atom is 0.261 e. The van der Waals surface area contributed by atoms with Crippen molar-refractivity contribution >= 4 is 33.1 Å². The van der Waals surface area contributed by atoms with Crippen LogP contribution in [0.15, 0.2) is 71.6 Å². The number of nitrogens with one attached hydrogen (secondary N) is 1. The minimum Gasteiger partial charge on any atom is -0.295 e. The van der Waals surface area contributed by atoms with E-state index in [-0.39, 0.29) is 45.1 Å². The normalized spacial score (nSPS) is 11.7. The van der Waals surface area contributed by atoms with Gasteiger partial charge in [-0.2, -0.15) is 0 Å². The molecular weight excluding hydrogens is 462 g/mol. The van der Waals surface area contributed by atoms with Gasteiger partial charge in [0.1, 0.15) is 0 Å². The van der Waals surface area contributed by atoms with Crippen LogP contribution in [0.5, 0.6) is 0 Å². The largest absolute Gasteiger partial charge is 0.295 e. The number of benzene rings is 3. The second kappa shape index (κ2) is 9.96. The number of anilines is 1. The van der Waals surface area contributed by atoms with Crippen molar-refractivity contribution in [3.05, 3.63) is 94.5 Å². The number of sulfonamides is 1. The van der Waals surface area contributed by atoms with Gasteiger partial charge in [-0.3, -0.25) is 19.1 Å². The highest BCUT2D eigenvalue weighted by molar-refractivity contribution is 7.92. The first-order valence-electron chi connectivity index (χ1n) is 11.2. The van der Waals surface area contributed by atoms with Crippen molar-refractivity contribution in [3.63, 3.8) is 0 Å². The summed E-state index contributed by atoms with van der Waals surface area (Å²) in [7, 11) is -4.01. The second-order valence-corrected chi connectivity index (χ2v) is 11.2. The van der Waals surface area contributed by atoms with E-state index in [1.807, 2.05) is 20.8 Å². The number of rotatable bonds is 8. The van der Waals surface area contributed by atoms with Crippen LogP contribution in [0.2, 0.25) is 0 Å². The third-order valence-corrected chi connectivity index (χ3v) is 7.10. The molecule has 0 aliphatic rings.